The summed E-state index contributed by atoms with van der Waals surface area (Å²) in [6.45, 7) is -1.28. The molecule has 0 amide bonds. The molecule has 0 saturated heterocycles. The zero-order chi connectivity index (χ0) is 6.78. The molecule has 0 atom stereocenters. The largest absolute Gasteiger partial charge is 0.404 e. The summed E-state index contributed by atoms with van der Waals surface area (Å²) in [7, 11) is 0. The number of hydrogen-bond acceptors (Lipinski definition) is 3. The lowest BCUT2D eigenvalue weighted by molar-refractivity contribution is -0.146. The molecular formula is C2H6F3N3. The lowest BCUT2D eigenvalue weighted by Crippen LogP contribution is -2.44. The van der Waals surface area contributed by atoms with E-state index in [0.29, 0.717) is 0 Å². The van der Waals surface area contributed by atoms with Crippen LogP contribution >= 0.6 is 0 Å². The van der Waals surface area contributed by atoms with E-state index in [9.17, 15) is 13.2 Å². The van der Waals surface area contributed by atoms with E-state index in [-0.39, 0.29) is 5.12 Å². The third-order valence-electron chi connectivity index (χ3n) is 0.362. The second-order valence-corrected chi connectivity index (χ2v) is 1.29. The minimum absolute atomic E-state index is 0.0833. The van der Waals surface area contributed by atoms with Crippen molar-refractivity contribution in [2.24, 2.45) is 11.7 Å². The maximum Gasteiger partial charge on any atom is 0.404 e. The summed E-state index contributed by atoms with van der Waals surface area (Å²) in [6, 6.07) is 0. The predicted molar refractivity (Wildman–Crippen MR) is 21.1 cm³/mol. The van der Waals surface area contributed by atoms with Gasteiger partial charge in [-0.05, 0) is 0 Å². The first-order valence-corrected chi connectivity index (χ1v) is 1.75. The van der Waals surface area contributed by atoms with Gasteiger partial charge in [-0.2, -0.15) is 18.3 Å². The van der Waals surface area contributed by atoms with Crippen molar-refractivity contribution in [2.75, 3.05) is 6.54 Å². The average Bonchev–Trinajstić information content (AvgIpc) is 1.21. The summed E-state index contributed by atoms with van der Waals surface area (Å²) in [6.07, 6.45) is -4.30. The quantitative estimate of drug-likeness (QED) is 0.374. The van der Waals surface area contributed by atoms with Crippen molar-refractivity contribution in [2.45, 2.75) is 6.18 Å². The first kappa shape index (κ1) is 7.67. The van der Waals surface area contributed by atoms with Crippen LogP contribution in [-0.2, 0) is 0 Å². The molecule has 0 aromatic heterocycles. The van der Waals surface area contributed by atoms with E-state index >= 15 is 0 Å². The topological polar surface area (TPSA) is 55.3 Å². The zero-order valence-corrected chi connectivity index (χ0v) is 3.94. The smallest absolute Gasteiger partial charge is 0.255 e. The van der Waals surface area contributed by atoms with Gasteiger partial charge in [0.25, 0.3) is 0 Å². The molecule has 0 bridgehead atoms. The fraction of sp³-hybridized carbons (Fsp3) is 1.00. The predicted octanol–water partition coefficient (Wildman–Crippen LogP) is -0.402. The molecule has 0 aliphatic carbocycles. The van der Waals surface area contributed by atoms with Gasteiger partial charge in [-0.25, -0.2) is 0 Å². The molecule has 50 valence electrons. The Hall–Kier alpha value is -0.330. The average molecular weight is 129 g/mol. The van der Waals surface area contributed by atoms with Crippen LogP contribution in [0.2, 0.25) is 0 Å². The Morgan fingerprint density at radius 2 is 1.62 bits per heavy atom. The van der Waals surface area contributed by atoms with Crippen LogP contribution in [0.15, 0.2) is 0 Å². The molecule has 0 aliphatic rings. The summed E-state index contributed by atoms with van der Waals surface area (Å²) in [5.74, 6) is 8.94. The van der Waals surface area contributed by atoms with Crippen LogP contribution in [0.3, 0.4) is 0 Å². The SMILES string of the molecule is NN(N)CC(F)(F)F. The number of nitrogens with zero attached hydrogens (tertiary/aromatic N) is 1. The van der Waals surface area contributed by atoms with Gasteiger partial charge in [0, 0.05) is 0 Å². The Morgan fingerprint density at radius 3 is 1.62 bits per heavy atom. The van der Waals surface area contributed by atoms with Gasteiger partial charge in [0.05, 0.1) is 0 Å². The fourth-order valence-electron chi connectivity index (χ4n) is 0.207. The van der Waals surface area contributed by atoms with E-state index in [1.807, 2.05) is 0 Å². The molecule has 0 unspecified atom stereocenters. The first-order chi connectivity index (χ1) is 3.42. The molecule has 4 N–H and O–H groups in total. The van der Waals surface area contributed by atoms with Gasteiger partial charge >= 0.3 is 6.18 Å². The standard InChI is InChI=1S/C2H6F3N3/c3-2(4,5)1-8(6)7/h1,6-7H2. The number of halogens is 3. The number of alkyl halides is 3. The van der Waals surface area contributed by atoms with Crippen LogP contribution in [0.25, 0.3) is 0 Å². The van der Waals surface area contributed by atoms with Crippen LogP contribution in [0.5, 0.6) is 0 Å². The molecule has 0 heterocycles. The third-order valence-corrected chi connectivity index (χ3v) is 0.362. The number of nitrogens with two attached hydrogens (primary N) is 2. The van der Waals surface area contributed by atoms with Crippen molar-refractivity contribution in [1.82, 2.24) is 5.12 Å². The van der Waals surface area contributed by atoms with Crippen molar-refractivity contribution in [3.8, 4) is 0 Å². The van der Waals surface area contributed by atoms with E-state index in [1.165, 1.54) is 0 Å². The third kappa shape index (κ3) is 5.67. The van der Waals surface area contributed by atoms with Crippen molar-refractivity contribution in [1.29, 1.82) is 0 Å². The molecular weight excluding hydrogens is 123 g/mol. The van der Waals surface area contributed by atoms with Gasteiger partial charge in [0.2, 0.25) is 0 Å². The molecule has 0 aromatic rings. The lowest BCUT2D eigenvalue weighted by Gasteiger charge is -2.10. The van der Waals surface area contributed by atoms with E-state index in [0.717, 1.165) is 0 Å². The van der Waals surface area contributed by atoms with Crippen LogP contribution in [0.4, 0.5) is 13.2 Å². The Labute approximate surface area is 44.0 Å². The minimum atomic E-state index is -4.30. The van der Waals surface area contributed by atoms with Crippen LogP contribution in [0.1, 0.15) is 0 Å². The highest BCUT2D eigenvalue weighted by Gasteiger charge is 2.28. The van der Waals surface area contributed by atoms with E-state index < -0.39 is 12.7 Å². The number of rotatable bonds is 1. The highest BCUT2D eigenvalue weighted by molar-refractivity contribution is 4.49. The summed E-state index contributed by atoms with van der Waals surface area (Å²) < 4.78 is 33.3. The van der Waals surface area contributed by atoms with E-state index in [4.69, 9.17) is 0 Å². The summed E-state index contributed by atoms with van der Waals surface area (Å²) in [5.41, 5.74) is 0. The number of hydrogen-bond donors (Lipinski definition) is 2. The van der Waals surface area contributed by atoms with Gasteiger partial charge < -0.3 is 0 Å². The Morgan fingerprint density at radius 1 is 1.25 bits per heavy atom. The van der Waals surface area contributed by atoms with Crippen molar-refractivity contribution in [3.05, 3.63) is 0 Å². The molecule has 0 radical (unpaired) electrons. The molecule has 0 spiro atoms. The summed E-state index contributed by atoms with van der Waals surface area (Å²) >= 11 is 0. The molecule has 0 rings (SSSR count). The second kappa shape index (κ2) is 2.29. The van der Waals surface area contributed by atoms with Crippen molar-refractivity contribution in [3.63, 3.8) is 0 Å². The maximum absolute atomic E-state index is 11.1. The van der Waals surface area contributed by atoms with Crippen molar-refractivity contribution < 1.29 is 13.2 Å². The lowest BCUT2D eigenvalue weighted by atomic mass is 10.7. The molecule has 0 aromatic carbocycles. The van der Waals surface area contributed by atoms with Crippen LogP contribution in [0, 0.1) is 0 Å². The van der Waals surface area contributed by atoms with Crippen LogP contribution in [-0.4, -0.2) is 17.8 Å². The maximum atomic E-state index is 11.1. The normalized spacial score (nSPS) is 12.8. The minimum Gasteiger partial charge on any atom is -0.255 e. The van der Waals surface area contributed by atoms with Crippen LogP contribution < -0.4 is 11.7 Å². The Kier molecular flexibility index (Phi) is 2.20. The summed E-state index contributed by atoms with van der Waals surface area (Å²) in [5, 5.41) is 0.0833. The Balaban J connectivity index is 3.39. The molecule has 0 saturated carbocycles. The first-order valence-electron chi connectivity index (χ1n) is 1.75. The van der Waals surface area contributed by atoms with Crippen molar-refractivity contribution >= 4 is 0 Å². The van der Waals surface area contributed by atoms with Gasteiger partial charge in [-0.15, -0.1) is 0 Å². The van der Waals surface area contributed by atoms with Gasteiger partial charge in [-0.1, -0.05) is 0 Å². The molecule has 0 fully saturated rings. The molecule has 0 aliphatic heterocycles. The monoisotopic (exact) mass is 129 g/mol. The fourth-order valence-corrected chi connectivity index (χ4v) is 0.207. The van der Waals surface area contributed by atoms with E-state index in [2.05, 4.69) is 11.7 Å². The summed E-state index contributed by atoms with van der Waals surface area (Å²) in [4.78, 5) is 0. The molecule has 8 heavy (non-hydrogen) atoms. The molecule has 6 heteroatoms. The van der Waals surface area contributed by atoms with Gasteiger partial charge in [0.15, 0.2) is 0 Å². The second-order valence-electron chi connectivity index (χ2n) is 1.29. The Bertz CT molecular complexity index is 67.4. The highest BCUT2D eigenvalue weighted by Crippen LogP contribution is 2.13. The number of hydrazine groups is 2. The van der Waals surface area contributed by atoms with E-state index in [1.54, 1.807) is 0 Å². The highest BCUT2D eigenvalue weighted by atomic mass is 19.4. The van der Waals surface area contributed by atoms with Gasteiger partial charge in [0.1, 0.15) is 6.54 Å². The zero-order valence-electron chi connectivity index (χ0n) is 3.94. The molecule has 3 nitrogen and oxygen atoms in total. The van der Waals surface area contributed by atoms with Gasteiger partial charge in [-0.3, -0.25) is 11.7 Å².